The fraction of sp³-hybridized carbons (Fsp3) is 0.643. The van der Waals surface area contributed by atoms with Crippen molar-refractivity contribution < 1.29 is 4.74 Å². The number of methoxy groups -OCH3 is 1. The second-order valence-corrected chi connectivity index (χ2v) is 5.00. The topological polar surface area (TPSA) is 37.4 Å². The van der Waals surface area contributed by atoms with Crippen molar-refractivity contribution in [1.82, 2.24) is 9.88 Å². The standard InChI is InChI=1S/C14H23N3O/c1-11-8-13(14(18-3)10-15-11)16-9-12(2)17-6-4-5-7-17/h8,10,12H,4-7,9H2,1-3H3,(H,15,16). The molecule has 1 aromatic heterocycles. The van der Waals surface area contributed by atoms with Crippen molar-refractivity contribution >= 4 is 5.69 Å². The van der Waals surface area contributed by atoms with Crippen LogP contribution in [0.4, 0.5) is 5.69 Å². The summed E-state index contributed by atoms with van der Waals surface area (Å²) < 4.78 is 5.32. The molecule has 0 saturated carbocycles. The molecular formula is C14H23N3O. The number of rotatable bonds is 5. The first-order valence-corrected chi connectivity index (χ1v) is 6.69. The maximum Gasteiger partial charge on any atom is 0.160 e. The Morgan fingerprint density at radius 2 is 2.17 bits per heavy atom. The van der Waals surface area contributed by atoms with Gasteiger partial charge >= 0.3 is 0 Å². The number of pyridine rings is 1. The molecule has 1 aliphatic rings. The average molecular weight is 249 g/mol. The highest BCUT2D eigenvalue weighted by atomic mass is 16.5. The third-order valence-electron chi connectivity index (χ3n) is 3.58. The maximum absolute atomic E-state index is 5.32. The normalized spacial score (nSPS) is 17.7. The minimum Gasteiger partial charge on any atom is -0.493 e. The minimum atomic E-state index is 0.561. The molecule has 0 spiro atoms. The molecule has 18 heavy (non-hydrogen) atoms. The summed E-state index contributed by atoms with van der Waals surface area (Å²) in [5.41, 5.74) is 2.04. The molecule has 2 heterocycles. The van der Waals surface area contributed by atoms with Crippen molar-refractivity contribution in [1.29, 1.82) is 0 Å². The molecule has 0 aromatic carbocycles. The fourth-order valence-electron chi connectivity index (χ4n) is 2.42. The van der Waals surface area contributed by atoms with Crippen LogP contribution in [0, 0.1) is 6.92 Å². The van der Waals surface area contributed by atoms with E-state index < -0.39 is 0 Å². The second kappa shape index (κ2) is 6.05. The highest BCUT2D eigenvalue weighted by Gasteiger charge is 2.18. The van der Waals surface area contributed by atoms with Crippen molar-refractivity contribution in [2.45, 2.75) is 32.7 Å². The molecule has 1 fully saturated rings. The van der Waals surface area contributed by atoms with Gasteiger partial charge in [0.05, 0.1) is 19.0 Å². The number of likely N-dealkylation sites (tertiary alicyclic amines) is 1. The summed E-state index contributed by atoms with van der Waals surface area (Å²) >= 11 is 0. The third-order valence-corrected chi connectivity index (χ3v) is 3.58. The molecular weight excluding hydrogens is 226 g/mol. The number of aryl methyl sites for hydroxylation is 1. The molecule has 1 saturated heterocycles. The molecule has 100 valence electrons. The molecule has 1 unspecified atom stereocenters. The molecule has 0 aliphatic carbocycles. The van der Waals surface area contributed by atoms with Crippen LogP contribution in [0.25, 0.3) is 0 Å². The molecule has 4 heteroatoms. The van der Waals surface area contributed by atoms with Gasteiger partial charge in [-0.25, -0.2) is 0 Å². The Balaban J connectivity index is 1.94. The first-order valence-electron chi connectivity index (χ1n) is 6.69. The van der Waals surface area contributed by atoms with Crippen LogP contribution in [0.5, 0.6) is 5.75 Å². The van der Waals surface area contributed by atoms with Gasteiger partial charge in [0.2, 0.25) is 0 Å². The van der Waals surface area contributed by atoms with Crippen LogP contribution in [-0.4, -0.2) is 42.7 Å². The SMILES string of the molecule is COc1cnc(C)cc1NCC(C)N1CCCC1. The van der Waals surface area contributed by atoms with E-state index in [2.05, 4.69) is 22.1 Å². The van der Waals surface area contributed by atoms with E-state index in [1.807, 2.05) is 13.0 Å². The van der Waals surface area contributed by atoms with Gasteiger partial charge in [-0.1, -0.05) is 0 Å². The van der Waals surface area contributed by atoms with E-state index in [-0.39, 0.29) is 0 Å². The van der Waals surface area contributed by atoms with Crippen molar-refractivity contribution in [2.75, 3.05) is 32.1 Å². The van der Waals surface area contributed by atoms with Crippen molar-refractivity contribution in [3.05, 3.63) is 18.0 Å². The zero-order chi connectivity index (χ0) is 13.0. The van der Waals surface area contributed by atoms with Crippen LogP contribution >= 0.6 is 0 Å². The average Bonchev–Trinajstić information content (AvgIpc) is 2.90. The van der Waals surface area contributed by atoms with Crippen molar-refractivity contribution in [3.63, 3.8) is 0 Å². The van der Waals surface area contributed by atoms with Gasteiger partial charge in [0, 0.05) is 18.3 Å². The summed E-state index contributed by atoms with van der Waals surface area (Å²) in [6.07, 6.45) is 4.45. The van der Waals surface area contributed by atoms with Crippen molar-refractivity contribution in [3.8, 4) is 5.75 Å². The molecule has 0 bridgehead atoms. The Labute approximate surface area is 109 Å². The van der Waals surface area contributed by atoms with E-state index in [1.54, 1.807) is 13.3 Å². The summed E-state index contributed by atoms with van der Waals surface area (Å²) in [5.74, 6) is 0.814. The van der Waals surface area contributed by atoms with Gasteiger partial charge in [-0.2, -0.15) is 0 Å². The summed E-state index contributed by atoms with van der Waals surface area (Å²) in [6.45, 7) is 7.68. The van der Waals surface area contributed by atoms with Crippen molar-refractivity contribution in [2.24, 2.45) is 0 Å². The van der Waals surface area contributed by atoms with Crippen LogP contribution < -0.4 is 10.1 Å². The minimum absolute atomic E-state index is 0.561. The maximum atomic E-state index is 5.32. The Hall–Kier alpha value is -1.29. The van der Waals surface area contributed by atoms with Gasteiger partial charge in [-0.15, -0.1) is 0 Å². The lowest BCUT2D eigenvalue weighted by Crippen LogP contribution is -2.35. The van der Waals surface area contributed by atoms with Crippen LogP contribution in [-0.2, 0) is 0 Å². The summed E-state index contributed by atoms with van der Waals surface area (Å²) in [4.78, 5) is 6.77. The molecule has 2 rings (SSSR count). The second-order valence-electron chi connectivity index (χ2n) is 5.00. The molecule has 4 nitrogen and oxygen atoms in total. The van der Waals surface area contributed by atoms with Crippen LogP contribution in [0.1, 0.15) is 25.5 Å². The zero-order valence-electron chi connectivity index (χ0n) is 11.6. The van der Waals surface area contributed by atoms with Crippen LogP contribution in [0.3, 0.4) is 0 Å². The summed E-state index contributed by atoms with van der Waals surface area (Å²) in [5, 5.41) is 3.48. The highest BCUT2D eigenvalue weighted by molar-refractivity contribution is 5.55. The molecule has 0 amide bonds. The number of anilines is 1. The largest absolute Gasteiger partial charge is 0.493 e. The quantitative estimate of drug-likeness (QED) is 0.869. The van der Waals surface area contributed by atoms with Gasteiger partial charge < -0.3 is 10.1 Å². The van der Waals surface area contributed by atoms with Gasteiger partial charge in [-0.05, 0) is 45.8 Å². The summed E-state index contributed by atoms with van der Waals surface area (Å²) in [6, 6.07) is 2.60. The lowest BCUT2D eigenvalue weighted by atomic mass is 10.2. The van der Waals surface area contributed by atoms with Gasteiger partial charge in [0.15, 0.2) is 5.75 Å². The van der Waals surface area contributed by atoms with E-state index in [1.165, 1.54) is 25.9 Å². The Bertz CT molecular complexity index is 389. The van der Waals surface area contributed by atoms with E-state index in [4.69, 9.17) is 4.74 Å². The van der Waals surface area contributed by atoms with Crippen LogP contribution in [0.2, 0.25) is 0 Å². The van der Waals surface area contributed by atoms with E-state index in [0.29, 0.717) is 6.04 Å². The molecule has 1 atom stereocenters. The number of nitrogens with zero attached hydrogens (tertiary/aromatic N) is 2. The number of hydrogen-bond donors (Lipinski definition) is 1. The lowest BCUT2D eigenvalue weighted by molar-refractivity contribution is 0.269. The van der Waals surface area contributed by atoms with E-state index in [9.17, 15) is 0 Å². The molecule has 1 N–H and O–H groups in total. The van der Waals surface area contributed by atoms with Gasteiger partial charge in [-0.3, -0.25) is 9.88 Å². The number of aromatic nitrogens is 1. The van der Waals surface area contributed by atoms with Gasteiger partial charge in [0.25, 0.3) is 0 Å². The van der Waals surface area contributed by atoms with Gasteiger partial charge in [0.1, 0.15) is 0 Å². The molecule has 0 radical (unpaired) electrons. The Morgan fingerprint density at radius 3 is 2.83 bits per heavy atom. The monoisotopic (exact) mass is 249 g/mol. The number of nitrogens with one attached hydrogen (secondary N) is 1. The first-order chi connectivity index (χ1) is 8.70. The third kappa shape index (κ3) is 3.13. The summed E-state index contributed by atoms with van der Waals surface area (Å²) in [7, 11) is 1.68. The zero-order valence-corrected chi connectivity index (χ0v) is 11.6. The predicted octanol–water partition coefficient (Wildman–Crippen LogP) is 2.29. The predicted molar refractivity (Wildman–Crippen MR) is 74.3 cm³/mol. The Morgan fingerprint density at radius 1 is 1.44 bits per heavy atom. The fourth-order valence-corrected chi connectivity index (χ4v) is 2.42. The lowest BCUT2D eigenvalue weighted by Gasteiger charge is -2.24. The van der Waals surface area contributed by atoms with Crippen LogP contribution in [0.15, 0.2) is 12.3 Å². The molecule has 1 aromatic rings. The number of hydrogen-bond acceptors (Lipinski definition) is 4. The first kappa shape index (κ1) is 13.1. The smallest absolute Gasteiger partial charge is 0.160 e. The van der Waals surface area contributed by atoms with E-state index in [0.717, 1.165) is 23.7 Å². The number of ether oxygens (including phenoxy) is 1. The van der Waals surface area contributed by atoms with E-state index >= 15 is 0 Å². The molecule has 1 aliphatic heterocycles. The Kier molecular flexibility index (Phi) is 4.42. The highest BCUT2D eigenvalue weighted by Crippen LogP contribution is 2.23.